The highest BCUT2D eigenvalue weighted by Crippen LogP contribution is 2.95. The molecule has 4 fully saturated rings. The van der Waals surface area contributed by atoms with Gasteiger partial charge >= 0.3 is 71.0 Å². The van der Waals surface area contributed by atoms with Gasteiger partial charge in [-0.2, -0.15) is 35.1 Å². The van der Waals surface area contributed by atoms with Crippen LogP contribution in [-0.4, -0.2) is 71.0 Å². The number of ether oxygens (including phenoxy) is 2. The molecule has 4 aliphatic carbocycles. The van der Waals surface area contributed by atoms with E-state index >= 15 is 52.7 Å². The zero-order chi connectivity index (χ0) is 33.7. The van der Waals surface area contributed by atoms with Crippen molar-refractivity contribution < 1.29 is 107 Å². The van der Waals surface area contributed by atoms with Crippen molar-refractivity contribution in [2.45, 2.75) is 59.1 Å². The molecule has 0 saturated heterocycles. The van der Waals surface area contributed by atoms with Gasteiger partial charge < -0.3 is 9.47 Å². The number of hydrogen-bond acceptors (Lipinski definition) is 4. The molecule has 4 rings (SSSR count). The normalized spacial score (nSPS) is 38.0. The molecule has 0 aromatic carbocycles. The molecule has 0 spiro atoms. The minimum Gasteiger partial charge on any atom is -0.394 e. The summed E-state index contributed by atoms with van der Waals surface area (Å²) in [6.07, 6.45) is -16.6. The third-order valence-corrected chi connectivity index (χ3v) is 7.18. The predicted octanol–water partition coefficient (Wildman–Crippen LogP) is 6.47. The summed E-state index contributed by atoms with van der Waals surface area (Å²) >= 11 is 0. The molecule has 4 bridgehead atoms. The van der Waals surface area contributed by atoms with Gasteiger partial charge in [-0.3, -0.25) is 0 Å². The van der Waals surface area contributed by atoms with Gasteiger partial charge in [0.05, 0.1) is 0 Å². The average molecular weight is 664 g/mol. The van der Waals surface area contributed by atoms with Gasteiger partial charge in [-0.15, -0.1) is 0 Å². The minimum atomic E-state index is -9.11. The third-order valence-electron chi connectivity index (χ3n) is 7.18. The van der Waals surface area contributed by atoms with E-state index in [1.165, 1.54) is 0 Å². The second kappa shape index (κ2) is 7.56. The van der Waals surface area contributed by atoms with Gasteiger partial charge in [0.2, 0.25) is 11.7 Å². The lowest BCUT2D eigenvalue weighted by Crippen LogP contribution is -3.09. The molecule has 0 amide bonds. The highest BCUT2D eigenvalue weighted by atomic mass is 19.3. The molecule has 0 aliphatic heterocycles. The molecule has 24 heteroatoms. The Morgan fingerprint density at radius 1 is 0.452 bits per heavy atom. The van der Waals surface area contributed by atoms with Crippen LogP contribution in [0.4, 0.5) is 87.8 Å². The van der Waals surface area contributed by atoms with Crippen LogP contribution in [0.15, 0.2) is 24.8 Å². The molecule has 240 valence electrons. The molecule has 0 aromatic heterocycles. The number of hydrogen-bond donors (Lipinski definition) is 0. The molecule has 42 heavy (non-hydrogen) atoms. The Morgan fingerprint density at radius 3 is 0.857 bits per heavy atom. The Morgan fingerprint density at radius 2 is 0.667 bits per heavy atom. The molecule has 0 unspecified atom stereocenters. The molecular weight excluding hydrogens is 660 g/mol. The van der Waals surface area contributed by atoms with E-state index in [4.69, 9.17) is 0 Å². The van der Waals surface area contributed by atoms with Gasteiger partial charge in [0.25, 0.3) is 10.8 Å². The highest BCUT2D eigenvalue weighted by Gasteiger charge is 3.27. The van der Waals surface area contributed by atoms with Crippen molar-refractivity contribution in [2.75, 3.05) is 0 Å². The van der Waals surface area contributed by atoms with E-state index in [1.807, 2.05) is 0 Å². The van der Waals surface area contributed by atoms with Crippen LogP contribution < -0.4 is 0 Å². The Hall–Kier alpha value is -2.98. The topological polar surface area (TPSA) is 52.6 Å². The molecule has 0 atom stereocenters. The lowest BCUT2D eigenvalue weighted by atomic mass is 9.32. The zero-order valence-electron chi connectivity index (χ0n) is 18.6. The summed E-state index contributed by atoms with van der Waals surface area (Å²) in [5.74, 6) is -67.3. The molecule has 0 heterocycles. The van der Waals surface area contributed by atoms with Crippen molar-refractivity contribution >= 4 is 11.9 Å². The van der Waals surface area contributed by atoms with E-state index < -0.39 is 93.5 Å². The summed E-state index contributed by atoms with van der Waals surface area (Å²) in [5.41, 5.74) is -35.3. The monoisotopic (exact) mass is 664 g/mol. The van der Waals surface area contributed by atoms with Gasteiger partial charge in [0, 0.05) is 0 Å². The van der Waals surface area contributed by atoms with Crippen molar-refractivity contribution in [3.8, 4) is 0 Å². The van der Waals surface area contributed by atoms with Crippen molar-refractivity contribution in [2.24, 2.45) is 10.8 Å². The summed E-state index contributed by atoms with van der Waals surface area (Å²) in [6, 6.07) is 0. The quantitative estimate of drug-likeness (QED) is 0.186. The molecule has 4 saturated carbocycles. The lowest BCUT2D eigenvalue weighted by molar-refractivity contribution is -0.664. The number of carbonyl (C=O) groups excluding carboxylic acids is 2. The van der Waals surface area contributed by atoms with Crippen LogP contribution in [0.2, 0.25) is 0 Å². The minimum absolute atomic E-state index is 1.73. The fraction of sp³-hybridized carbons (Fsp3) is 0.667. The number of rotatable bonds is 6. The maximum absolute atomic E-state index is 15.6. The second-order valence-electron chi connectivity index (χ2n) is 8.89. The van der Waals surface area contributed by atoms with Gasteiger partial charge in [0.1, 0.15) is 0 Å². The van der Waals surface area contributed by atoms with Crippen LogP contribution in [0.1, 0.15) is 0 Å². The number of halogens is 20. The zero-order valence-corrected chi connectivity index (χ0v) is 18.6. The van der Waals surface area contributed by atoms with Gasteiger partial charge in [-0.05, 0) is 0 Å². The van der Waals surface area contributed by atoms with E-state index in [-0.39, 0.29) is 0 Å². The van der Waals surface area contributed by atoms with Crippen LogP contribution in [0.25, 0.3) is 0 Å². The first-order valence-corrected chi connectivity index (χ1v) is 9.71. The fourth-order valence-electron chi connectivity index (χ4n) is 5.51. The van der Waals surface area contributed by atoms with E-state index in [0.717, 1.165) is 0 Å². The first kappa shape index (κ1) is 33.5. The highest BCUT2D eigenvalue weighted by molar-refractivity contribution is 5.86. The van der Waals surface area contributed by atoms with Crippen molar-refractivity contribution in [1.29, 1.82) is 0 Å². The van der Waals surface area contributed by atoms with Gasteiger partial charge in [-0.1, -0.05) is 13.2 Å². The summed E-state index contributed by atoms with van der Waals surface area (Å²) in [7, 11) is 0. The molecular formula is C18H4F20O4. The average Bonchev–Trinajstić information content (AvgIpc) is 2.72. The molecule has 4 nitrogen and oxygen atoms in total. The summed E-state index contributed by atoms with van der Waals surface area (Å²) < 4.78 is 302. The number of carbonyl (C=O) groups is 2. The first-order chi connectivity index (χ1) is 18.2. The standard InChI is InChI=1S/C18H4F20O4/c1-3(19)5(39)41-17(35,36)7-11(23,24)8(18(37,38)42-6(40)4(2)20)14(29,30)9(21,12(7,25)26)16(33,34)10(22,13(7,27)28)15(8,31)32/h1-2H2. The number of alkyl halides is 18. The number of esters is 2. The Balaban J connectivity index is 2.81. The Labute approximate surface area is 214 Å². The summed E-state index contributed by atoms with van der Waals surface area (Å²) in [6.45, 7) is 3.45. The fourth-order valence-corrected chi connectivity index (χ4v) is 5.51. The Bertz CT molecular complexity index is 1170. The first-order valence-electron chi connectivity index (χ1n) is 9.71. The van der Waals surface area contributed by atoms with E-state index in [9.17, 15) is 44.7 Å². The van der Waals surface area contributed by atoms with Gasteiger partial charge in [0.15, 0.2) is 0 Å². The van der Waals surface area contributed by atoms with E-state index in [1.54, 1.807) is 13.2 Å². The van der Waals surface area contributed by atoms with E-state index in [2.05, 4.69) is 9.47 Å². The molecule has 0 N–H and O–H groups in total. The predicted molar refractivity (Wildman–Crippen MR) is 84.8 cm³/mol. The summed E-state index contributed by atoms with van der Waals surface area (Å²) in [5, 5.41) is 0. The van der Waals surface area contributed by atoms with Crippen LogP contribution in [0, 0.1) is 10.8 Å². The molecule has 0 radical (unpaired) electrons. The van der Waals surface area contributed by atoms with Crippen LogP contribution in [0.5, 0.6) is 0 Å². The van der Waals surface area contributed by atoms with Crippen molar-refractivity contribution in [1.82, 2.24) is 0 Å². The van der Waals surface area contributed by atoms with E-state index in [0.29, 0.717) is 0 Å². The smallest absolute Gasteiger partial charge is 0.394 e. The van der Waals surface area contributed by atoms with Crippen LogP contribution in [0.3, 0.4) is 0 Å². The van der Waals surface area contributed by atoms with Crippen molar-refractivity contribution in [3.05, 3.63) is 24.8 Å². The van der Waals surface area contributed by atoms with Gasteiger partial charge in [-0.25, -0.2) is 62.3 Å². The Kier molecular flexibility index (Phi) is 6.03. The SMILES string of the molecule is C=C(F)C(=O)OC(F)(F)C12C(F)(F)C3(F)C(F)(F)C(F)(C1(F)F)C(F)(F)C(C(F)(F)OC(=O)C(=C)F)(C3(F)F)C2(F)F. The second-order valence-corrected chi connectivity index (χ2v) is 8.89. The third kappa shape index (κ3) is 2.42. The van der Waals surface area contributed by atoms with Crippen LogP contribution >= 0.6 is 0 Å². The summed E-state index contributed by atoms with van der Waals surface area (Å²) in [4.78, 5) is 22.2. The molecule has 4 aliphatic rings. The largest absolute Gasteiger partial charge is 0.424 e. The van der Waals surface area contributed by atoms with Crippen LogP contribution in [-0.2, 0) is 19.1 Å². The maximum atomic E-state index is 15.6. The van der Waals surface area contributed by atoms with Crippen molar-refractivity contribution in [3.63, 3.8) is 0 Å². The lowest BCUT2D eigenvalue weighted by Gasteiger charge is -2.77. The maximum Gasteiger partial charge on any atom is 0.424 e. The molecule has 0 aromatic rings.